The number of carbonyl (C=O) groups excluding carboxylic acids is 1. The van der Waals surface area contributed by atoms with Gasteiger partial charge in [-0.3, -0.25) is 4.79 Å². The first-order valence-electron chi connectivity index (χ1n) is 5.18. The molecule has 15 heavy (non-hydrogen) atoms. The van der Waals surface area contributed by atoms with Crippen LogP contribution in [0.4, 0.5) is 0 Å². The van der Waals surface area contributed by atoms with Crippen molar-refractivity contribution in [2.24, 2.45) is 0 Å². The van der Waals surface area contributed by atoms with Gasteiger partial charge in [-0.15, -0.1) is 0 Å². The van der Waals surface area contributed by atoms with Gasteiger partial charge in [0.2, 0.25) is 5.12 Å². The topological polar surface area (TPSA) is 26.3 Å². The number of rotatable bonds is 3. The lowest BCUT2D eigenvalue weighted by molar-refractivity contribution is -0.118. The van der Waals surface area contributed by atoms with Crippen LogP contribution in [0.3, 0.4) is 0 Å². The predicted molar refractivity (Wildman–Crippen MR) is 61.7 cm³/mol. The molecule has 0 aliphatic carbocycles. The molecule has 1 aliphatic rings. The molecule has 0 radical (unpaired) electrons. The molecule has 1 unspecified atom stereocenters. The van der Waals surface area contributed by atoms with E-state index < -0.39 is 0 Å². The molecule has 1 aromatic carbocycles. The molecule has 0 saturated carbocycles. The number of hydrogen-bond acceptors (Lipinski definition) is 3. The maximum absolute atomic E-state index is 11.7. The fourth-order valence-corrected chi connectivity index (χ4v) is 2.46. The van der Waals surface area contributed by atoms with E-state index in [-0.39, 0.29) is 11.2 Å². The standard InChI is InChI=1S/C12H14O2S/c13-12(11-7-4-8-14-11)15-9-10-5-2-1-3-6-10/h1-3,5-6,11H,4,7-9H2. The van der Waals surface area contributed by atoms with Crippen LogP contribution in [-0.2, 0) is 15.3 Å². The van der Waals surface area contributed by atoms with Gasteiger partial charge in [0.05, 0.1) is 0 Å². The Bertz CT molecular complexity index is 318. The predicted octanol–water partition coefficient (Wildman–Crippen LogP) is 2.63. The highest BCUT2D eigenvalue weighted by Crippen LogP contribution is 2.21. The number of ether oxygens (including phenoxy) is 1. The highest BCUT2D eigenvalue weighted by Gasteiger charge is 2.23. The van der Waals surface area contributed by atoms with Crippen molar-refractivity contribution in [3.8, 4) is 0 Å². The summed E-state index contributed by atoms with van der Waals surface area (Å²) in [5.74, 6) is 0.750. The Morgan fingerprint density at radius 3 is 2.87 bits per heavy atom. The van der Waals surface area contributed by atoms with E-state index in [1.54, 1.807) is 0 Å². The lowest BCUT2D eigenvalue weighted by Gasteiger charge is -2.06. The normalized spacial score (nSPS) is 20.4. The third kappa shape index (κ3) is 3.08. The largest absolute Gasteiger partial charge is 0.369 e. The molecule has 1 fully saturated rings. The Morgan fingerprint density at radius 2 is 2.20 bits per heavy atom. The smallest absolute Gasteiger partial charge is 0.218 e. The van der Waals surface area contributed by atoms with Gasteiger partial charge in [0, 0.05) is 12.4 Å². The van der Waals surface area contributed by atoms with Gasteiger partial charge in [-0.1, -0.05) is 42.1 Å². The molecule has 1 heterocycles. The molecule has 0 bridgehead atoms. The van der Waals surface area contributed by atoms with Gasteiger partial charge >= 0.3 is 0 Å². The zero-order valence-electron chi connectivity index (χ0n) is 8.52. The van der Waals surface area contributed by atoms with Crippen LogP contribution in [0.25, 0.3) is 0 Å². The Balaban J connectivity index is 1.80. The lowest BCUT2D eigenvalue weighted by atomic mass is 10.2. The van der Waals surface area contributed by atoms with E-state index in [4.69, 9.17) is 4.74 Å². The van der Waals surface area contributed by atoms with E-state index in [1.807, 2.05) is 30.3 Å². The van der Waals surface area contributed by atoms with Crippen LogP contribution in [0.5, 0.6) is 0 Å². The molecule has 1 aromatic rings. The second-order valence-electron chi connectivity index (χ2n) is 3.59. The van der Waals surface area contributed by atoms with E-state index >= 15 is 0 Å². The maximum atomic E-state index is 11.7. The van der Waals surface area contributed by atoms with E-state index in [0.29, 0.717) is 0 Å². The maximum Gasteiger partial charge on any atom is 0.218 e. The first-order valence-corrected chi connectivity index (χ1v) is 6.17. The third-order valence-corrected chi connectivity index (χ3v) is 3.44. The van der Waals surface area contributed by atoms with Gasteiger partial charge in [-0.25, -0.2) is 0 Å². The number of carbonyl (C=O) groups is 1. The minimum absolute atomic E-state index is 0.154. The fraction of sp³-hybridized carbons (Fsp3) is 0.417. The summed E-state index contributed by atoms with van der Waals surface area (Å²) in [6, 6.07) is 10.0. The van der Waals surface area contributed by atoms with Gasteiger partial charge in [0.25, 0.3) is 0 Å². The van der Waals surface area contributed by atoms with Crippen molar-refractivity contribution in [3.05, 3.63) is 35.9 Å². The van der Waals surface area contributed by atoms with Crippen LogP contribution < -0.4 is 0 Å². The van der Waals surface area contributed by atoms with Crippen molar-refractivity contribution in [2.75, 3.05) is 6.61 Å². The number of thioether (sulfide) groups is 1. The summed E-state index contributed by atoms with van der Waals surface area (Å²) in [6.07, 6.45) is 1.75. The molecular weight excluding hydrogens is 208 g/mol. The van der Waals surface area contributed by atoms with Crippen LogP contribution >= 0.6 is 11.8 Å². The van der Waals surface area contributed by atoms with Crippen LogP contribution in [0, 0.1) is 0 Å². The molecule has 1 saturated heterocycles. The monoisotopic (exact) mass is 222 g/mol. The number of hydrogen-bond donors (Lipinski definition) is 0. The van der Waals surface area contributed by atoms with E-state index in [9.17, 15) is 4.79 Å². The highest BCUT2D eigenvalue weighted by atomic mass is 32.2. The van der Waals surface area contributed by atoms with Gasteiger partial charge in [0.15, 0.2) is 0 Å². The SMILES string of the molecule is O=C(SCc1ccccc1)C1CCCO1. The Morgan fingerprint density at radius 1 is 1.40 bits per heavy atom. The van der Waals surface area contributed by atoms with Gasteiger partial charge < -0.3 is 4.74 Å². The average molecular weight is 222 g/mol. The van der Waals surface area contributed by atoms with Crippen LogP contribution in [0.1, 0.15) is 18.4 Å². The molecule has 0 N–H and O–H groups in total. The first kappa shape index (κ1) is 10.7. The van der Waals surface area contributed by atoms with Crippen molar-refractivity contribution in [1.29, 1.82) is 0 Å². The molecule has 0 spiro atoms. The average Bonchev–Trinajstić information content (AvgIpc) is 2.81. The van der Waals surface area contributed by atoms with Gasteiger partial charge in [-0.05, 0) is 18.4 Å². The Hall–Kier alpha value is -0.800. The molecule has 2 rings (SSSR count). The molecule has 1 aliphatic heterocycles. The van der Waals surface area contributed by atoms with Crippen LogP contribution in [0.15, 0.2) is 30.3 Å². The van der Waals surface area contributed by atoms with Gasteiger partial charge in [-0.2, -0.15) is 0 Å². The van der Waals surface area contributed by atoms with Crippen molar-refractivity contribution in [1.82, 2.24) is 0 Å². The Kier molecular flexibility index (Phi) is 3.80. The summed E-state index contributed by atoms with van der Waals surface area (Å²) in [7, 11) is 0. The van der Waals surface area contributed by atoms with E-state index in [1.165, 1.54) is 17.3 Å². The van der Waals surface area contributed by atoms with E-state index in [0.717, 1.165) is 25.2 Å². The van der Waals surface area contributed by atoms with E-state index in [2.05, 4.69) is 0 Å². The quantitative estimate of drug-likeness (QED) is 0.786. The molecule has 1 atom stereocenters. The lowest BCUT2D eigenvalue weighted by Crippen LogP contribution is -2.15. The number of benzene rings is 1. The third-order valence-electron chi connectivity index (χ3n) is 2.42. The zero-order valence-corrected chi connectivity index (χ0v) is 9.33. The van der Waals surface area contributed by atoms with Crippen LogP contribution in [0.2, 0.25) is 0 Å². The molecular formula is C12H14O2S. The molecule has 2 nitrogen and oxygen atoms in total. The second-order valence-corrected chi connectivity index (χ2v) is 4.57. The summed E-state index contributed by atoms with van der Waals surface area (Å²) >= 11 is 1.36. The molecule has 0 aromatic heterocycles. The molecule has 3 heteroatoms. The summed E-state index contributed by atoms with van der Waals surface area (Å²) in [4.78, 5) is 11.7. The summed E-state index contributed by atoms with van der Waals surface area (Å²) in [5, 5.41) is 0.177. The van der Waals surface area contributed by atoms with Crippen molar-refractivity contribution < 1.29 is 9.53 Å². The summed E-state index contributed by atoms with van der Waals surface area (Å²) < 4.78 is 5.33. The zero-order chi connectivity index (χ0) is 10.5. The van der Waals surface area contributed by atoms with Crippen molar-refractivity contribution >= 4 is 16.9 Å². The van der Waals surface area contributed by atoms with Crippen molar-refractivity contribution in [3.63, 3.8) is 0 Å². The van der Waals surface area contributed by atoms with Gasteiger partial charge in [0.1, 0.15) is 6.10 Å². The minimum Gasteiger partial charge on any atom is -0.369 e. The molecule has 0 amide bonds. The van der Waals surface area contributed by atoms with Crippen molar-refractivity contribution in [2.45, 2.75) is 24.7 Å². The minimum atomic E-state index is -0.154. The summed E-state index contributed by atoms with van der Waals surface area (Å²) in [6.45, 7) is 0.738. The first-order chi connectivity index (χ1) is 7.36. The highest BCUT2D eigenvalue weighted by molar-refractivity contribution is 8.13. The molecule has 80 valence electrons. The second kappa shape index (κ2) is 5.33. The summed E-state index contributed by atoms with van der Waals surface area (Å²) in [5.41, 5.74) is 1.19. The Labute approximate surface area is 94.0 Å². The fourth-order valence-electron chi connectivity index (χ4n) is 1.59. The van der Waals surface area contributed by atoms with Crippen LogP contribution in [-0.4, -0.2) is 17.8 Å².